The second-order valence-electron chi connectivity index (χ2n) is 5.59. The van der Waals surface area contributed by atoms with E-state index in [-0.39, 0.29) is 0 Å². The lowest BCUT2D eigenvalue weighted by molar-refractivity contribution is 0.601. The van der Waals surface area contributed by atoms with Gasteiger partial charge in [0, 0.05) is 26.3 Å². The zero-order valence-corrected chi connectivity index (χ0v) is 13.6. The first-order valence-corrected chi connectivity index (χ1v) is 8.23. The van der Waals surface area contributed by atoms with E-state index in [0.29, 0.717) is 5.96 Å². The molecule has 5 heteroatoms. The van der Waals surface area contributed by atoms with Gasteiger partial charge in [0.1, 0.15) is 0 Å². The average Bonchev–Trinajstić information content (AvgIpc) is 2.88. The van der Waals surface area contributed by atoms with Crippen molar-refractivity contribution in [3.05, 3.63) is 18.0 Å². The molecule has 1 heterocycles. The molecule has 1 aromatic heterocycles. The summed E-state index contributed by atoms with van der Waals surface area (Å²) in [6.07, 6.45) is 13.8. The molecule has 0 aliphatic heterocycles. The third kappa shape index (κ3) is 9.10. The summed E-state index contributed by atoms with van der Waals surface area (Å²) in [4.78, 5) is 4.35. The summed E-state index contributed by atoms with van der Waals surface area (Å²) in [6, 6.07) is 0. The lowest BCUT2D eigenvalue weighted by atomic mass is 10.1. The van der Waals surface area contributed by atoms with Gasteiger partial charge in [-0.2, -0.15) is 5.10 Å². The fourth-order valence-electron chi connectivity index (χ4n) is 2.26. The molecular formula is C16H31N5. The maximum absolute atomic E-state index is 5.84. The summed E-state index contributed by atoms with van der Waals surface area (Å²) in [7, 11) is 1.94. The molecule has 3 N–H and O–H groups in total. The molecule has 0 amide bonds. The van der Waals surface area contributed by atoms with E-state index < -0.39 is 0 Å². The summed E-state index contributed by atoms with van der Waals surface area (Å²) >= 11 is 0. The third-order valence-electron chi connectivity index (χ3n) is 3.50. The first-order valence-electron chi connectivity index (χ1n) is 8.23. The number of nitrogens with one attached hydrogen (secondary N) is 1. The van der Waals surface area contributed by atoms with Crippen molar-refractivity contribution in [2.45, 2.75) is 58.3 Å². The quantitative estimate of drug-likeness (QED) is 0.374. The molecule has 0 radical (unpaired) electrons. The van der Waals surface area contributed by atoms with Crippen molar-refractivity contribution in [2.75, 3.05) is 13.1 Å². The molecule has 0 aliphatic rings. The minimum atomic E-state index is 0.578. The van der Waals surface area contributed by atoms with E-state index in [0.717, 1.165) is 25.9 Å². The predicted molar refractivity (Wildman–Crippen MR) is 89.4 cm³/mol. The van der Waals surface area contributed by atoms with Crippen molar-refractivity contribution in [1.82, 2.24) is 15.1 Å². The smallest absolute Gasteiger partial charge is 0.188 e. The molecule has 0 aliphatic carbocycles. The summed E-state index contributed by atoms with van der Waals surface area (Å²) in [6.45, 7) is 3.95. The molecule has 0 saturated heterocycles. The van der Waals surface area contributed by atoms with Gasteiger partial charge in [-0.15, -0.1) is 0 Å². The highest BCUT2D eigenvalue weighted by Gasteiger charge is 1.96. The van der Waals surface area contributed by atoms with Crippen LogP contribution in [0.3, 0.4) is 0 Å². The molecule has 0 fully saturated rings. The van der Waals surface area contributed by atoms with Crippen LogP contribution in [0.2, 0.25) is 0 Å². The third-order valence-corrected chi connectivity index (χ3v) is 3.50. The molecule has 0 saturated carbocycles. The van der Waals surface area contributed by atoms with Crippen LogP contribution in [0, 0.1) is 0 Å². The van der Waals surface area contributed by atoms with E-state index in [1.807, 2.05) is 24.1 Å². The number of guanidine groups is 1. The van der Waals surface area contributed by atoms with Crippen molar-refractivity contribution in [3.63, 3.8) is 0 Å². The molecule has 0 aromatic carbocycles. The Labute approximate surface area is 129 Å². The van der Waals surface area contributed by atoms with Gasteiger partial charge in [-0.25, -0.2) is 0 Å². The number of nitrogens with two attached hydrogens (primary N) is 1. The summed E-state index contributed by atoms with van der Waals surface area (Å²) in [5, 5.41) is 7.34. The van der Waals surface area contributed by atoms with Crippen LogP contribution in [-0.2, 0) is 13.5 Å². The molecular weight excluding hydrogens is 262 g/mol. The van der Waals surface area contributed by atoms with Crippen LogP contribution in [-0.4, -0.2) is 28.8 Å². The number of aryl methyl sites for hydroxylation is 2. The van der Waals surface area contributed by atoms with Crippen LogP contribution in [0.25, 0.3) is 0 Å². The van der Waals surface area contributed by atoms with Crippen LogP contribution < -0.4 is 11.1 Å². The molecule has 21 heavy (non-hydrogen) atoms. The van der Waals surface area contributed by atoms with Crippen LogP contribution >= 0.6 is 0 Å². The summed E-state index contributed by atoms with van der Waals surface area (Å²) in [5.74, 6) is 0.578. The number of hydrogen-bond acceptors (Lipinski definition) is 2. The van der Waals surface area contributed by atoms with Crippen molar-refractivity contribution in [2.24, 2.45) is 17.8 Å². The van der Waals surface area contributed by atoms with Gasteiger partial charge in [-0.05, 0) is 24.8 Å². The molecule has 120 valence electrons. The van der Waals surface area contributed by atoms with E-state index in [2.05, 4.69) is 22.3 Å². The maximum atomic E-state index is 5.84. The second kappa shape index (κ2) is 11.2. The predicted octanol–water partition coefficient (Wildman–Crippen LogP) is 2.62. The first kappa shape index (κ1) is 17.5. The molecule has 0 spiro atoms. The van der Waals surface area contributed by atoms with E-state index in [1.54, 1.807) is 0 Å². The number of hydrogen-bond donors (Lipinski definition) is 2. The number of nitrogens with zero attached hydrogens (tertiary/aromatic N) is 3. The van der Waals surface area contributed by atoms with Gasteiger partial charge in [0.25, 0.3) is 0 Å². The van der Waals surface area contributed by atoms with Crippen molar-refractivity contribution in [1.29, 1.82) is 0 Å². The van der Waals surface area contributed by atoms with E-state index in [4.69, 9.17) is 5.73 Å². The molecule has 0 bridgehead atoms. The Balaban J connectivity index is 1.97. The van der Waals surface area contributed by atoms with Crippen LogP contribution in [0.4, 0.5) is 0 Å². The van der Waals surface area contributed by atoms with Gasteiger partial charge < -0.3 is 11.1 Å². The zero-order valence-electron chi connectivity index (χ0n) is 13.6. The highest BCUT2D eigenvalue weighted by molar-refractivity contribution is 5.77. The fraction of sp³-hybridized carbons (Fsp3) is 0.750. The van der Waals surface area contributed by atoms with Crippen molar-refractivity contribution >= 4 is 5.96 Å². The minimum Gasteiger partial charge on any atom is -0.370 e. The number of aromatic nitrogens is 2. The highest BCUT2D eigenvalue weighted by Crippen LogP contribution is 2.04. The Bertz CT molecular complexity index is 397. The Morgan fingerprint density at radius 3 is 2.71 bits per heavy atom. The Kier molecular flexibility index (Phi) is 9.33. The largest absolute Gasteiger partial charge is 0.370 e. The number of unbranched alkanes of at least 4 members (excludes halogenated alkanes) is 5. The fourth-order valence-corrected chi connectivity index (χ4v) is 2.26. The molecule has 1 rings (SSSR count). The van der Waals surface area contributed by atoms with Crippen LogP contribution in [0.15, 0.2) is 17.4 Å². The van der Waals surface area contributed by atoms with Gasteiger partial charge in [-0.3, -0.25) is 9.67 Å². The lowest BCUT2D eigenvalue weighted by Gasteiger charge is -2.05. The average molecular weight is 293 g/mol. The Morgan fingerprint density at radius 2 is 2.00 bits per heavy atom. The standard InChI is InChI=1S/C16H31N5/c1-3-4-5-6-7-8-11-18-16(17)19-12-9-10-15-13-20-21(2)14-15/h13-14H,3-12H2,1-2H3,(H3,17,18,19). The second-order valence-corrected chi connectivity index (χ2v) is 5.59. The van der Waals surface area contributed by atoms with Crippen LogP contribution in [0.5, 0.6) is 0 Å². The first-order chi connectivity index (χ1) is 10.2. The Hall–Kier alpha value is -1.52. The lowest BCUT2D eigenvalue weighted by Crippen LogP contribution is -2.32. The SMILES string of the molecule is CCCCCCCCNC(N)=NCCCc1cnn(C)c1. The van der Waals surface area contributed by atoms with E-state index in [1.165, 1.54) is 44.1 Å². The van der Waals surface area contributed by atoms with Gasteiger partial charge in [-0.1, -0.05) is 39.0 Å². The highest BCUT2D eigenvalue weighted by atomic mass is 15.2. The molecule has 1 aromatic rings. The van der Waals surface area contributed by atoms with Gasteiger partial charge in [0.05, 0.1) is 6.20 Å². The zero-order chi connectivity index (χ0) is 15.3. The van der Waals surface area contributed by atoms with Gasteiger partial charge in [0.2, 0.25) is 0 Å². The summed E-state index contributed by atoms with van der Waals surface area (Å²) in [5.41, 5.74) is 7.10. The molecule has 0 atom stereocenters. The minimum absolute atomic E-state index is 0.578. The van der Waals surface area contributed by atoms with Gasteiger partial charge >= 0.3 is 0 Å². The van der Waals surface area contributed by atoms with Crippen molar-refractivity contribution < 1.29 is 0 Å². The van der Waals surface area contributed by atoms with E-state index in [9.17, 15) is 0 Å². The number of rotatable bonds is 11. The maximum Gasteiger partial charge on any atom is 0.188 e. The number of aliphatic imine (C=N–C) groups is 1. The van der Waals surface area contributed by atoms with Gasteiger partial charge in [0.15, 0.2) is 5.96 Å². The van der Waals surface area contributed by atoms with Crippen molar-refractivity contribution in [3.8, 4) is 0 Å². The topological polar surface area (TPSA) is 68.2 Å². The summed E-state index contributed by atoms with van der Waals surface area (Å²) < 4.78 is 1.83. The molecule has 0 unspecified atom stereocenters. The van der Waals surface area contributed by atoms with E-state index >= 15 is 0 Å². The normalized spacial score (nSPS) is 11.8. The monoisotopic (exact) mass is 293 g/mol. The van der Waals surface area contributed by atoms with Crippen LogP contribution in [0.1, 0.15) is 57.4 Å². The Morgan fingerprint density at radius 1 is 1.24 bits per heavy atom. The molecule has 5 nitrogen and oxygen atoms in total.